The van der Waals surface area contributed by atoms with Gasteiger partial charge in [-0.05, 0) is 32.4 Å². The zero-order valence-corrected chi connectivity index (χ0v) is 9.67. The number of carbonyl (C=O) groups is 1. The summed E-state index contributed by atoms with van der Waals surface area (Å²) in [6.07, 6.45) is 5.03. The second kappa shape index (κ2) is 6.80. The minimum atomic E-state index is -0.228. The van der Waals surface area contributed by atoms with E-state index in [2.05, 4.69) is 17.1 Å². The van der Waals surface area contributed by atoms with Crippen molar-refractivity contribution < 1.29 is 4.79 Å². The van der Waals surface area contributed by atoms with Crippen LogP contribution in [0.5, 0.6) is 0 Å². The van der Waals surface area contributed by atoms with E-state index >= 15 is 0 Å². The Morgan fingerprint density at radius 3 is 2.87 bits per heavy atom. The monoisotopic (exact) mass is 213 g/mol. The maximum absolute atomic E-state index is 10.8. The Morgan fingerprint density at radius 1 is 1.53 bits per heavy atom. The molecular formula is C11H23N3O. The van der Waals surface area contributed by atoms with Gasteiger partial charge < -0.3 is 11.1 Å². The summed E-state index contributed by atoms with van der Waals surface area (Å²) in [5.74, 6) is -0.228. The van der Waals surface area contributed by atoms with Crippen molar-refractivity contribution in [3.63, 3.8) is 0 Å². The van der Waals surface area contributed by atoms with E-state index in [4.69, 9.17) is 5.73 Å². The van der Waals surface area contributed by atoms with Crippen molar-refractivity contribution >= 4 is 5.91 Å². The van der Waals surface area contributed by atoms with Crippen molar-refractivity contribution in [2.75, 3.05) is 26.2 Å². The van der Waals surface area contributed by atoms with E-state index in [9.17, 15) is 4.79 Å². The third kappa shape index (κ3) is 5.14. The van der Waals surface area contributed by atoms with Gasteiger partial charge in [-0.2, -0.15) is 0 Å². The van der Waals surface area contributed by atoms with Gasteiger partial charge in [-0.25, -0.2) is 0 Å². The molecule has 4 nitrogen and oxygen atoms in total. The van der Waals surface area contributed by atoms with Crippen LogP contribution in [0.3, 0.4) is 0 Å². The Labute approximate surface area is 92.2 Å². The molecule has 0 aromatic heterocycles. The number of hydrogen-bond donors (Lipinski definition) is 2. The molecule has 0 aromatic carbocycles. The number of nitrogens with zero attached hydrogens (tertiary/aromatic N) is 1. The maximum Gasteiger partial charge on any atom is 0.231 e. The van der Waals surface area contributed by atoms with Crippen LogP contribution in [0.4, 0.5) is 0 Å². The highest BCUT2D eigenvalue weighted by Gasteiger charge is 2.14. The van der Waals surface area contributed by atoms with Gasteiger partial charge in [0.2, 0.25) is 5.91 Å². The number of nitrogens with one attached hydrogen (secondary N) is 1. The van der Waals surface area contributed by atoms with Gasteiger partial charge in [0.05, 0.1) is 6.54 Å². The number of amides is 1. The zero-order chi connectivity index (χ0) is 11.1. The lowest BCUT2D eigenvalue weighted by molar-refractivity contribution is -0.119. The second-order valence-electron chi connectivity index (χ2n) is 4.27. The average Bonchev–Trinajstić information content (AvgIpc) is 2.25. The van der Waals surface area contributed by atoms with Crippen LogP contribution in [0, 0.1) is 0 Å². The van der Waals surface area contributed by atoms with E-state index in [1.165, 1.54) is 19.3 Å². The lowest BCUT2D eigenvalue weighted by Gasteiger charge is -2.26. The molecule has 1 aliphatic rings. The van der Waals surface area contributed by atoms with Crippen LogP contribution in [0.2, 0.25) is 0 Å². The molecule has 1 fully saturated rings. The van der Waals surface area contributed by atoms with Crippen LogP contribution >= 0.6 is 0 Å². The molecule has 0 spiro atoms. The first-order chi connectivity index (χ1) is 7.22. The topological polar surface area (TPSA) is 58.4 Å². The van der Waals surface area contributed by atoms with Crippen LogP contribution < -0.4 is 11.1 Å². The minimum Gasteiger partial charge on any atom is -0.369 e. The van der Waals surface area contributed by atoms with Crippen LogP contribution in [-0.2, 0) is 4.79 Å². The highest BCUT2D eigenvalue weighted by Crippen LogP contribution is 2.10. The Morgan fingerprint density at radius 2 is 2.33 bits per heavy atom. The molecule has 0 bridgehead atoms. The van der Waals surface area contributed by atoms with Gasteiger partial charge in [0.25, 0.3) is 0 Å². The molecule has 1 saturated heterocycles. The summed E-state index contributed by atoms with van der Waals surface area (Å²) >= 11 is 0. The molecule has 0 radical (unpaired) electrons. The minimum absolute atomic E-state index is 0.228. The fourth-order valence-electron chi connectivity index (χ4n) is 2.08. The first-order valence-electron chi connectivity index (χ1n) is 5.96. The van der Waals surface area contributed by atoms with Crippen molar-refractivity contribution in [1.29, 1.82) is 0 Å². The quantitative estimate of drug-likeness (QED) is 0.668. The van der Waals surface area contributed by atoms with Crippen molar-refractivity contribution in [2.45, 2.75) is 38.6 Å². The molecule has 0 saturated carbocycles. The van der Waals surface area contributed by atoms with E-state index in [-0.39, 0.29) is 5.91 Å². The lowest BCUT2D eigenvalue weighted by Crippen LogP contribution is -2.39. The van der Waals surface area contributed by atoms with E-state index in [1.54, 1.807) is 0 Å². The van der Waals surface area contributed by atoms with Crippen LogP contribution in [0.1, 0.15) is 32.6 Å². The predicted octanol–water partition coefficient (Wildman–Crippen LogP) is 0.326. The van der Waals surface area contributed by atoms with Crippen LogP contribution in [0.15, 0.2) is 0 Å². The first-order valence-corrected chi connectivity index (χ1v) is 5.96. The van der Waals surface area contributed by atoms with Gasteiger partial charge >= 0.3 is 0 Å². The molecule has 1 aliphatic heterocycles. The van der Waals surface area contributed by atoms with Gasteiger partial charge in [-0.15, -0.1) is 0 Å². The average molecular weight is 213 g/mol. The fraction of sp³-hybridized carbons (Fsp3) is 0.909. The molecule has 1 amide bonds. The molecule has 1 rings (SSSR count). The maximum atomic E-state index is 10.8. The third-order valence-electron chi connectivity index (χ3n) is 3.03. The van der Waals surface area contributed by atoms with Gasteiger partial charge in [-0.1, -0.05) is 13.3 Å². The Kier molecular flexibility index (Phi) is 5.65. The van der Waals surface area contributed by atoms with E-state index < -0.39 is 0 Å². The number of primary amides is 1. The summed E-state index contributed by atoms with van der Waals surface area (Å²) in [5, 5.41) is 3.51. The molecule has 15 heavy (non-hydrogen) atoms. The Balaban J connectivity index is 2.17. The number of hydrogen-bond acceptors (Lipinski definition) is 3. The van der Waals surface area contributed by atoms with Crippen molar-refractivity contribution in [1.82, 2.24) is 10.2 Å². The summed E-state index contributed by atoms with van der Waals surface area (Å²) in [7, 11) is 0. The van der Waals surface area contributed by atoms with Gasteiger partial charge in [0, 0.05) is 12.6 Å². The second-order valence-corrected chi connectivity index (χ2v) is 4.27. The number of piperidine rings is 1. The fourth-order valence-corrected chi connectivity index (χ4v) is 2.08. The standard InChI is InChI=1S/C11H23N3O/c1-2-14(9-11(12)15)8-6-10-5-3-4-7-13-10/h10,13H,2-9H2,1H3,(H2,12,15). The Bertz CT molecular complexity index is 190. The van der Waals surface area contributed by atoms with E-state index in [0.29, 0.717) is 12.6 Å². The number of likely N-dealkylation sites (N-methyl/N-ethyl adjacent to an activating group) is 1. The molecule has 1 unspecified atom stereocenters. The Hall–Kier alpha value is -0.610. The van der Waals surface area contributed by atoms with E-state index in [1.807, 2.05) is 0 Å². The van der Waals surface area contributed by atoms with Gasteiger partial charge in [-0.3, -0.25) is 9.69 Å². The molecule has 1 heterocycles. The molecular weight excluding hydrogens is 190 g/mol. The largest absolute Gasteiger partial charge is 0.369 e. The van der Waals surface area contributed by atoms with Crippen molar-refractivity contribution in [2.24, 2.45) is 5.73 Å². The highest BCUT2D eigenvalue weighted by atomic mass is 16.1. The lowest BCUT2D eigenvalue weighted by atomic mass is 10.0. The molecule has 0 aliphatic carbocycles. The first kappa shape index (κ1) is 12.5. The zero-order valence-electron chi connectivity index (χ0n) is 9.67. The van der Waals surface area contributed by atoms with Gasteiger partial charge in [0.1, 0.15) is 0 Å². The summed E-state index contributed by atoms with van der Waals surface area (Å²) < 4.78 is 0. The van der Waals surface area contributed by atoms with Crippen LogP contribution in [-0.4, -0.2) is 43.0 Å². The number of nitrogens with two attached hydrogens (primary N) is 1. The molecule has 0 aromatic rings. The normalized spacial score (nSPS) is 21.9. The van der Waals surface area contributed by atoms with Crippen molar-refractivity contribution in [3.8, 4) is 0 Å². The summed E-state index contributed by atoms with van der Waals surface area (Å²) in [4.78, 5) is 12.9. The third-order valence-corrected chi connectivity index (χ3v) is 3.03. The summed E-state index contributed by atoms with van der Waals surface area (Å²) in [6.45, 7) is 5.47. The predicted molar refractivity (Wildman–Crippen MR) is 61.6 cm³/mol. The molecule has 88 valence electrons. The van der Waals surface area contributed by atoms with E-state index in [0.717, 1.165) is 26.1 Å². The molecule has 4 heteroatoms. The molecule has 3 N–H and O–H groups in total. The summed E-state index contributed by atoms with van der Waals surface area (Å²) in [5.41, 5.74) is 5.18. The van der Waals surface area contributed by atoms with Crippen LogP contribution in [0.25, 0.3) is 0 Å². The number of rotatable bonds is 6. The number of carbonyl (C=O) groups excluding carboxylic acids is 1. The molecule has 1 atom stereocenters. The highest BCUT2D eigenvalue weighted by molar-refractivity contribution is 5.75. The smallest absolute Gasteiger partial charge is 0.231 e. The SMILES string of the molecule is CCN(CCC1CCCCN1)CC(N)=O. The van der Waals surface area contributed by atoms with Crippen molar-refractivity contribution in [3.05, 3.63) is 0 Å². The summed E-state index contributed by atoms with van der Waals surface area (Å²) in [6, 6.07) is 0.640. The van der Waals surface area contributed by atoms with Gasteiger partial charge in [0.15, 0.2) is 0 Å².